The Bertz CT molecular complexity index is 345. The van der Waals surface area contributed by atoms with Gasteiger partial charge in [-0.15, -0.1) is 0 Å². The van der Waals surface area contributed by atoms with Gasteiger partial charge in [0.15, 0.2) is 5.76 Å². The van der Waals surface area contributed by atoms with Crippen LogP contribution in [0.2, 0.25) is 0 Å². The highest BCUT2D eigenvalue weighted by Gasteiger charge is 2.35. The summed E-state index contributed by atoms with van der Waals surface area (Å²) < 4.78 is 11.3. The number of carbonyl (C=O) groups excluding carboxylic acids is 1. The number of carbonyl (C=O) groups is 1. The van der Waals surface area contributed by atoms with Crippen molar-refractivity contribution in [2.24, 2.45) is 0 Å². The van der Waals surface area contributed by atoms with Crippen molar-refractivity contribution in [1.29, 1.82) is 0 Å². The fourth-order valence-electron chi connectivity index (χ4n) is 1.34. The maximum atomic E-state index is 12.1. The Morgan fingerprint density at radius 2 is 2.27 bits per heavy atom. The van der Waals surface area contributed by atoms with E-state index in [0.29, 0.717) is 23.3 Å². The first-order valence-electron chi connectivity index (χ1n) is 4.97. The lowest BCUT2D eigenvalue weighted by atomic mass is 9.95. The first kappa shape index (κ1) is 12.5. The van der Waals surface area contributed by atoms with E-state index in [2.05, 4.69) is 15.9 Å². The summed E-state index contributed by atoms with van der Waals surface area (Å²) in [5.41, 5.74) is -0.797. The maximum absolute atomic E-state index is 12.1. The number of halogens is 1. The highest BCUT2D eigenvalue weighted by Crippen LogP contribution is 2.26. The monoisotopic (exact) mass is 274 g/mol. The topological polar surface area (TPSA) is 39.4 Å². The van der Waals surface area contributed by atoms with Gasteiger partial charge < -0.3 is 9.15 Å². The van der Waals surface area contributed by atoms with Crippen molar-refractivity contribution in [3.8, 4) is 0 Å². The van der Waals surface area contributed by atoms with E-state index in [9.17, 15) is 4.79 Å². The molecule has 0 amide bonds. The summed E-state index contributed by atoms with van der Waals surface area (Å²) in [4.78, 5) is 12.1. The molecular formula is C11H15BrO3. The largest absolute Gasteiger partial charge is 0.460 e. The molecule has 1 aromatic heterocycles. The van der Waals surface area contributed by atoms with Crippen molar-refractivity contribution in [1.82, 2.24) is 0 Å². The standard InChI is InChI=1S/C11H15BrO3/c1-4-11(3,15-5-2)10(13)9-8(12)6-7-14-9/h6-7H,4-5H2,1-3H3. The molecule has 0 aromatic carbocycles. The van der Waals surface area contributed by atoms with Gasteiger partial charge in [-0.25, -0.2) is 0 Å². The van der Waals surface area contributed by atoms with Gasteiger partial charge in [0, 0.05) is 6.61 Å². The fraction of sp³-hybridized carbons (Fsp3) is 0.545. The summed E-state index contributed by atoms with van der Waals surface area (Å²) in [5.74, 6) is 0.205. The zero-order chi connectivity index (χ0) is 11.5. The van der Waals surface area contributed by atoms with Crippen LogP contribution in [0.3, 0.4) is 0 Å². The number of rotatable bonds is 5. The van der Waals surface area contributed by atoms with Crippen LogP contribution in [0.5, 0.6) is 0 Å². The highest BCUT2D eigenvalue weighted by molar-refractivity contribution is 9.10. The van der Waals surface area contributed by atoms with E-state index < -0.39 is 5.60 Å². The smallest absolute Gasteiger partial charge is 0.230 e. The Morgan fingerprint density at radius 1 is 1.60 bits per heavy atom. The molecule has 1 unspecified atom stereocenters. The lowest BCUT2D eigenvalue weighted by molar-refractivity contribution is -0.0134. The average Bonchev–Trinajstić information content (AvgIpc) is 2.63. The second kappa shape index (κ2) is 4.94. The van der Waals surface area contributed by atoms with E-state index in [0.717, 1.165) is 0 Å². The predicted molar refractivity (Wildman–Crippen MR) is 61.1 cm³/mol. The highest BCUT2D eigenvalue weighted by atomic mass is 79.9. The predicted octanol–water partition coefficient (Wildman–Crippen LogP) is 3.43. The second-order valence-corrected chi connectivity index (χ2v) is 4.30. The summed E-state index contributed by atoms with van der Waals surface area (Å²) in [6, 6.07) is 1.70. The number of Topliss-reactive ketones (excluding diaryl/α,β-unsaturated/α-hetero) is 1. The van der Waals surface area contributed by atoms with Crippen LogP contribution in [0.25, 0.3) is 0 Å². The molecule has 0 radical (unpaired) electrons. The molecule has 1 aromatic rings. The van der Waals surface area contributed by atoms with Gasteiger partial charge in [-0.2, -0.15) is 0 Å². The number of hydrogen-bond acceptors (Lipinski definition) is 3. The van der Waals surface area contributed by atoms with Gasteiger partial charge in [0.25, 0.3) is 0 Å². The summed E-state index contributed by atoms with van der Waals surface area (Å²) in [5, 5.41) is 0. The van der Waals surface area contributed by atoms with Crippen LogP contribution >= 0.6 is 15.9 Å². The van der Waals surface area contributed by atoms with E-state index in [1.54, 1.807) is 13.0 Å². The van der Waals surface area contributed by atoms with Gasteiger partial charge in [0.2, 0.25) is 5.78 Å². The minimum atomic E-state index is -0.797. The Kier molecular flexibility index (Phi) is 4.11. The molecule has 1 heterocycles. The Hall–Kier alpha value is -0.610. The van der Waals surface area contributed by atoms with Crippen LogP contribution in [-0.4, -0.2) is 18.0 Å². The lowest BCUT2D eigenvalue weighted by Crippen LogP contribution is -2.37. The van der Waals surface area contributed by atoms with E-state index in [1.165, 1.54) is 6.26 Å². The van der Waals surface area contributed by atoms with E-state index in [4.69, 9.17) is 9.15 Å². The molecule has 0 bridgehead atoms. The minimum absolute atomic E-state index is 0.122. The molecule has 15 heavy (non-hydrogen) atoms. The summed E-state index contributed by atoms with van der Waals surface area (Å²) in [6.45, 7) is 6.09. The molecule has 4 heteroatoms. The molecule has 0 aliphatic heterocycles. The third-order valence-corrected chi connectivity index (χ3v) is 3.07. The van der Waals surface area contributed by atoms with Gasteiger partial charge in [0.1, 0.15) is 5.60 Å². The molecule has 84 valence electrons. The molecule has 0 aliphatic carbocycles. The molecule has 3 nitrogen and oxygen atoms in total. The third kappa shape index (κ3) is 2.49. The van der Waals surface area contributed by atoms with E-state index >= 15 is 0 Å². The first-order chi connectivity index (χ1) is 7.05. The Morgan fingerprint density at radius 3 is 2.67 bits per heavy atom. The summed E-state index contributed by atoms with van der Waals surface area (Å²) in [7, 11) is 0. The van der Waals surface area contributed by atoms with Crippen molar-refractivity contribution in [3.63, 3.8) is 0 Å². The van der Waals surface area contributed by atoms with Crippen molar-refractivity contribution < 1.29 is 13.9 Å². The zero-order valence-corrected chi connectivity index (χ0v) is 10.8. The molecule has 0 saturated carbocycles. The van der Waals surface area contributed by atoms with Crippen LogP contribution in [0.1, 0.15) is 37.7 Å². The fourth-order valence-corrected chi connectivity index (χ4v) is 1.72. The van der Waals surface area contributed by atoms with Crippen LogP contribution in [0.15, 0.2) is 21.2 Å². The van der Waals surface area contributed by atoms with Crippen molar-refractivity contribution in [2.45, 2.75) is 32.8 Å². The van der Waals surface area contributed by atoms with Crippen LogP contribution in [0, 0.1) is 0 Å². The van der Waals surface area contributed by atoms with Crippen molar-refractivity contribution in [3.05, 3.63) is 22.6 Å². The van der Waals surface area contributed by atoms with Crippen LogP contribution in [-0.2, 0) is 4.74 Å². The van der Waals surface area contributed by atoms with Gasteiger partial charge in [-0.1, -0.05) is 6.92 Å². The van der Waals surface area contributed by atoms with Crippen LogP contribution < -0.4 is 0 Å². The maximum Gasteiger partial charge on any atom is 0.230 e. The molecule has 1 atom stereocenters. The SMILES string of the molecule is CCOC(C)(CC)C(=O)c1occc1Br. The normalized spacial score (nSPS) is 14.9. The zero-order valence-electron chi connectivity index (χ0n) is 9.17. The number of ketones is 1. The van der Waals surface area contributed by atoms with Gasteiger partial charge in [0.05, 0.1) is 10.7 Å². The molecular weight excluding hydrogens is 260 g/mol. The van der Waals surface area contributed by atoms with Crippen molar-refractivity contribution >= 4 is 21.7 Å². The van der Waals surface area contributed by atoms with E-state index in [1.807, 2.05) is 13.8 Å². The van der Waals surface area contributed by atoms with Crippen molar-refractivity contribution in [2.75, 3.05) is 6.61 Å². The Balaban J connectivity index is 2.96. The molecule has 0 saturated heterocycles. The third-order valence-electron chi connectivity index (χ3n) is 2.44. The molecule has 0 fully saturated rings. The summed E-state index contributed by atoms with van der Waals surface area (Å²) in [6.07, 6.45) is 2.10. The molecule has 0 N–H and O–H groups in total. The second-order valence-electron chi connectivity index (χ2n) is 3.44. The number of hydrogen-bond donors (Lipinski definition) is 0. The average molecular weight is 275 g/mol. The minimum Gasteiger partial charge on any atom is -0.460 e. The molecule has 0 aliphatic rings. The number of ether oxygens (including phenoxy) is 1. The lowest BCUT2D eigenvalue weighted by Gasteiger charge is -2.25. The van der Waals surface area contributed by atoms with Crippen LogP contribution in [0.4, 0.5) is 0 Å². The molecule has 0 spiro atoms. The quantitative estimate of drug-likeness (QED) is 0.773. The number of furan rings is 1. The molecule has 1 rings (SSSR count). The van der Waals surface area contributed by atoms with Gasteiger partial charge in [-0.05, 0) is 42.3 Å². The first-order valence-corrected chi connectivity index (χ1v) is 5.76. The Labute approximate surface area is 97.9 Å². The van der Waals surface area contributed by atoms with E-state index in [-0.39, 0.29) is 5.78 Å². The van der Waals surface area contributed by atoms with Gasteiger partial charge in [-0.3, -0.25) is 4.79 Å². The summed E-state index contributed by atoms with van der Waals surface area (Å²) >= 11 is 3.27. The van der Waals surface area contributed by atoms with Gasteiger partial charge >= 0.3 is 0 Å².